The van der Waals surface area contributed by atoms with Crippen molar-refractivity contribution in [3.63, 3.8) is 0 Å². The van der Waals surface area contributed by atoms with Crippen molar-refractivity contribution in [2.75, 3.05) is 20.2 Å². The van der Waals surface area contributed by atoms with Crippen LogP contribution in [0.25, 0.3) is 0 Å². The van der Waals surface area contributed by atoms with Gasteiger partial charge >= 0.3 is 0 Å². The highest BCUT2D eigenvalue weighted by Crippen LogP contribution is 2.25. The second kappa shape index (κ2) is 6.80. The molecule has 1 aliphatic heterocycles. The van der Waals surface area contributed by atoms with Gasteiger partial charge in [-0.05, 0) is 57.4 Å². The molecule has 118 valence electrons. The minimum Gasteiger partial charge on any atom is -0.496 e. The Balaban J connectivity index is 2.06. The molecule has 1 unspecified atom stereocenters. The van der Waals surface area contributed by atoms with Crippen LogP contribution >= 0.6 is 0 Å². The number of likely N-dealkylation sites (tertiary alicyclic amines) is 1. The van der Waals surface area contributed by atoms with E-state index in [-0.39, 0.29) is 5.54 Å². The molecule has 1 atom stereocenters. The maximum atomic E-state index is 5.54. The van der Waals surface area contributed by atoms with Gasteiger partial charge in [0, 0.05) is 30.7 Å². The summed E-state index contributed by atoms with van der Waals surface area (Å²) in [6.07, 6.45) is 1.31. The van der Waals surface area contributed by atoms with Crippen LogP contribution in [0, 0.1) is 5.92 Å². The summed E-state index contributed by atoms with van der Waals surface area (Å²) in [7, 11) is 1.76. The number of hydrogen-bond acceptors (Lipinski definition) is 3. The van der Waals surface area contributed by atoms with E-state index in [1.165, 1.54) is 30.6 Å². The first-order valence-corrected chi connectivity index (χ1v) is 8.00. The fourth-order valence-electron chi connectivity index (χ4n) is 2.84. The van der Waals surface area contributed by atoms with Crippen LogP contribution in [0.2, 0.25) is 0 Å². The predicted octanol–water partition coefficient (Wildman–Crippen LogP) is 3.43. The highest BCUT2D eigenvalue weighted by atomic mass is 16.5. The molecular weight excluding hydrogens is 260 g/mol. The van der Waals surface area contributed by atoms with Crippen LogP contribution in [0.15, 0.2) is 18.2 Å². The third-order valence-corrected chi connectivity index (χ3v) is 4.07. The summed E-state index contributed by atoms with van der Waals surface area (Å²) in [4.78, 5) is 2.53. The second-order valence-corrected chi connectivity index (χ2v) is 7.38. The number of ether oxygens (including phenoxy) is 1. The van der Waals surface area contributed by atoms with Gasteiger partial charge in [-0.15, -0.1) is 0 Å². The number of rotatable bonds is 5. The van der Waals surface area contributed by atoms with Crippen LogP contribution in [0.4, 0.5) is 0 Å². The van der Waals surface area contributed by atoms with E-state index in [2.05, 4.69) is 56.1 Å². The monoisotopic (exact) mass is 290 g/mol. The van der Waals surface area contributed by atoms with E-state index in [1.807, 2.05) is 0 Å². The molecule has 21 heavy (non-hydrogen) atoms. The van der Waals surface area contributed by atoms with Crippen LogP contribution in [0.5, 0.6) is 5.75 Å². The molecule has 1 aliphatic rings. The van der Waals surface area contributed by atoms with Crippen molar-refractivity contribution in [1.29, 1.82) is 0 Å². The van der Waals surface area contributed by atoms with Crippen LogP contribution < -0.4 is 10.1 Å². The minimum absolute atomic E-state index is 0.143. The second-order valence-electron chi connectivity index (χ2n) is 7.38. The first-order chi connectivity index (χ1) is 9.87. The molecule has 1 N–H and O–H groups in total. The molecule has 0 aromatic heterocycles. The van der Waals surface area contributed by atoms with Gasteiger partial charge in [0.2, 0.25) is 0 Å². The van der Waals surface area contributed by atoms with E-state index >= 15 is 0 Å². The van der Waals surface area contributed by atoms with Gasteiger partial charge in [0.25, 0.3) is 0 Å². The zero-order valence-corrected chi connectivity index (χ0v) is 14.2. The van der Waals surface area contributed by atoms with Crippen molar-refractivity contribution in [3.05, 3.63) is 29.3 Å². The van der Waals surface area contributed by atoms with Crippen molar-refractivity contribution in [2.45, 2.75) is 52.7 Å². The third kappa shape index (κ3) is 5.01. The van der Waals surface area contributed by atoms with Crippen LogP contribution in [0.3, 0.4) is 0 Å². The Morgan fingerprint density at radius 3 is 2.67 bits per heavy atom. The van der Waals surface area contributed by atoms with E-state index < -0.39 is 0 Å². The lowest BCUT2D eigenvalue weighted by atomic mass is 10.1. The molecule has 0 spiro atoms. The maximum Gasteiger partial charge on any atom is 0.123 e. The number of methoxy groups -OCH3 is 1. The quantitative estimate of drug-likeness (QED) is 0.899. The van der Waals surface area contributed by atoms with Crippen LogP contribution in [0.1, 0.15) is 45.2 Å². The smallest absolute Gasteiger partial charge is 0.123 e. The van der Waals surface area contributed by atoms with Crippen molar-refractivity contribution in [1.82, 2.24) is 10.2 Å². The standard InChI is InChI=1S/C18H30N2O/c1-14-8-9-20(12-14)13-16-10-15(6-7-17(16)21-5)11-19-18(2,3)4/h6-7,10,14,19H,8-9,11-13H2,1-5H3. The molecule has 0 saturated carbocycles. The topological polar surface area (TPSA) is 24.5 Å². The van der Waals surface area contributed by atoms with Gasteiger partial charge in [-0.25, -0.2) is 0 Å². The van der Waals surface area contributed by atoms with Gasteiger partial charge in [0.15, 0.2) is 0 Å². The highest BCUT2D eigenvalue weighted by molar-refractivity contribution is 5.37. The molecule has 2 rings (SSSR count). The SMILES string of the molecule is COc1ccc(CNC(C)(C)C)cc1CN1CCC(C)C1. The third-order valence-electron chi connectivity index (χ3n) is 4.07. The van der Waals surface area contributed by atoms with Gasteiger partial charge < -0.3 is 10.1 Å². The average molecular weight is 290 g/mol. The summed E-state index contributed by atoms with van der Waals surface area (Å²) >= 11 is 0. The van der Waals surface area contributed by atoms with Crippen molar-refractivity contribution in [2.24, 2.45) is 5.92 Å². The first kappa shape index (κ1) is 16.3. The molecule has 0 radical (unpaired) electrons. The van der Waals surface area contributed by atoms with Gasteiger partial charge in [0.05, 0.1) is 7.11 Å². The summed E-state index contributed by atoms with van der Waals surface area (Å²) < 4.78 is 5.54. The summed E-state index contributed by atoms with van der Waals surface area (Å²) in [6.45, 7) is 13.2. The van der Waals surface area contributed by atoms with E-state index in [1.54, 1.807) is 7.11 Å². The molecule has 1 aromatic carbocycles. The Morgan fingerprint density at radius 1 is 1.33 bits per heavy atom. The highest BCUT2D eigenvalue weighted by Gasteiger charge is 2.20. The molecule has 1 saturated heterocycles. The van der Waals surface area contributed by atoms with Gasteiger partial charge in [-0.1, -0.05) is 13.0 Å². The van der Waals surface area contributed by atoms with Crippen LogP contribution in [-0.2, 0) is 13.1 Å². The number of benzene rings is 1. The molecule has 1 fully saturated rings. The van der Waals surface area contributed by atoms with Crippen molar-refractivity contribution >= 4 is 0 Å². The maximum absolute atomic E-state index is 5.54. The van der Waals surface area contributed by atoms with Gasteiger partial charge in [-0.3, -0.25) is 4.90 Å². The molecule has 1 aromatic rings. The number of hydrogen-bond donors (Lipinski definition) is 1. The van der Waals surface area contributed by atoms with Gasteiger partial charge in [-0.2, -0.15) is 0 Å². The normalized spacial score (nSPS) is 20.0. The zero-order valence-electron chi connectivity index (χ0n) is 14.2. The molecular formula is C18H30N2O. The summed E-state index contributed by atoms with van der Waals surface area (Å²) in [6, 6.07) is 6.56. The van der Waals surface area contributed by atoms with Crippen molar-refractivity contribution in [3.8, 4) is 5.75 Å². The molecule has 0 bridgehead atoms. The molecule has 0 amide bonds. The lowest BCUT2D eigenvalue weighted by Gasteiger charge is -2.22. The lowest BCUT2D eigenvalue weighted by molar-refractivity contribution is 0.311. The van der Waals surface area contributed by atoms with Crippen LogP contribution in [-0.4, -0.2) is 30.6 Å². The van der Waals surface area contributed by atoms with Crippen molar-refractivity contribution < 1.29 is 4.74 Å². The van der Waals surface area contributed by atoms with E-state index in [9.17, 15) is 0 Å². The Hall–Kier alpha value is -1.06. The van der Waals surface area contributed by atoms with E-state index in [4.69, 9.17) is 4.74 Å². The molecule has 3 heteroatoms. The Bertz CT molecular complexity index is 465. The Kier molecular flexibility index (Phi) is 5.28. The van der Waals surface area contributed by atoms with E-state index in [0.29, 0.717) is 0 Å². The summed E-state index contributed by atoms with van der Waals surface area (Å²) in [5, 5.41) is 3.55. The summed E-state index contributed by atoms with van der Waals surface area (Å²) in [5.74, 6) is 1.83. The Labute approximate surface area is 129 Å². The van der Waals surface area contributed by atoms with Gasteiger partial charge in [0.1, 0.15) is 5.75 Å². The zero-order chi connectivity index (χ0) is 15.5. The average Bonchev–Trinajstić information content (AvgIpc) is 2.81. The number of nitrogens with zero attached hydrogens (tertiary/aromatic N) is 1. The lowest BCUT2D eigenvalue weighted by Crippen LogP contribution is -2.35. The first-order valence-electron chi connectivity index (χ1n) is 8.00. The van der Waals surface area contributed by atoms with E-state index in [0.717, 1.165) is 24.8 Å². The Morgan fingerprint density at radius 2 is 2.10 bits per heavy atom. The fraction of sp³-hybridized carbons (Fsp3) is 0.667. The fourth-order valence-corrected chi connectivity index (χ4v) is 2.84. The molecule has 0 aliphatic carbocycles. The molecule has 1 heterocycles. The number of nitrogens with one attached hydrogen (secondary N) is 1. The minimum atomic E-state index is 0.143. The largest absolute Gasteiger partial charge is 0.496 e. The predicted molar refractivity (Wildman–Crippen MR) is 88.6 cm³/mol. The molecule has 3 nitrogen and oxygen atoms in total. The summed E-state index contributed by atoms with van der Waals surface area (Å²) in [5.41, 5.74) is 2.78.